The maximum absolute atomic E-state index is 12.0. The first-order valence-corrected chi connectivity index (χ1v) is 7.48. The van der Waals surface area contributed by atoms with E-state index >= 15 is 0 Å². The van der Waals surface area contributed by atoms with Gasteiger partial charge in [0.15, 0.2) is 0 Å². The van der Waals surface area contributed by atoms with Gasteiger partial charge in [0.25, 0.3) is 5.69 Å². The van der Waals surface area contributed by atoms with Crippen LogP contribution in [-0.2, 0) is 0 Å². The van der Waals surface area contributed by atoms with E-state index in [4.69, 9.17) is 0 Å². The number of nitro benzene ring substituents is 1. The molecule has 7 heteroatoms. The predicted octanol–water partition coefficient (Wildman–Crippen LogP) is 3.02. The topological polar surface area (TPSA) is 87.5 Å². The number of benzene rings is 2. The second-order valence-electron chi connectivity index (χ2n) is 5.53. The molecule has 126 valence electrons. The summed E-state index contributed by atoms with van der Waals surface area (Å²) >= 11 is 0. The van der Waals surface area contributed by atoms with Gasteiger partial charge in [-0.05, 0) is 31.8 Å². The van der Waals surface area contributed by atoms with Crippen LogP contribution >= 0.6 is 0 Å². The molecule has 0 radical (unpaired) electrons. The lowest BCUT2D eigenvalue weighted by atomic mass is 10.1. The zero-order valence-corrected chi connectivity index (χ0v) is 13.6. The lowest BCUT2D eigenvalue weighted by molar-refractivity contribution is -0.384. The van der Waals surface area contributed by atoms with Crippen LogP contribution in [0.1, 0.15) is 11.6 Å². The molecule has 2 aromatic carbocycles. The summed E-state index contributed by atoms with van der Waals surface area (Å²) in [7, 11) is 3.90. The highest BCUT2D eigenvalue weighted by atomic mass is 16.6. The number of nitrogens with one attached hydrogen (secondary N) is 2. The van der Waals surface area contributed by atoms with Crippen molar-refractivity contribution < 1.29 is 9.72 Å². The molecule has 1 atom stereocenters. The number of hydrogen-bond acceptors (Lipinski definition) is 4. The van der Waals surface area contributed by atoms with Crippen LogP contribution in [0.5, 0.6) is 0 Å². The van der Waals surface area contributed by atoms with E-state index < -0.39 is 4.92 Å². The van der Waals surface area contributed by atoms with E-state index in [2.05, 4.69) is 10.6 Å². The van der Waals surface area contributed by atoms with Crippen LogP contribution in [0, 0.1) is 10.1 Å². The average molecular weight is 328 g/mol. The first-order chi connectivity index (χ1) is 11.5. The summed E-state index contributed by atoms with van der Waals surface area (Å²) in [6.07, 6.45) is 0. The molecular weight excluding hydrogens is 308 g/mol. The molecule has 0 bridgehead atoms. The summed E-state index contributed by atoms with van der Waals surface area (Å²) < 4.78 is 0. The van der Waals surface area contributed by atoms with Gasteiger partial charge in [0, 0.05) is 24.4 Å². The fourth-order valence-corrected chi connectivity index (χ4v) is 2.30. The summed E-state index contributed by atoms with van der Waals surface area (Å²) in [5.41, 5.74) is 1.59. The predicted molar refractivity (Wildman–Crippen MR) is 93.0 cm³/mol. The van der Waals surface area contributed by atoms with Crippen molar-refractivity contribution >= 4 is 17.4 Å². The molecule has 2 aromatic rings. The third-order valence-electron chi connectivity index (χ3n) is 3.60. The Kier molecular flexibility index (Phi) is 5.86. The van der Waals surface area contributed by atoms with Crippen LogP contribution in [0.4, 0.5) is 16.2 Å². The molecule has 7 nitrogen and oxygen atoms in total. The molecule has 0 aliphatic heterocycles. The Bertz CT molecular complexity index is 687. The first-order valence-electron chi connectivity index (χ1n) is 7.48. The normalized spacial score (nSPS) is 11.8. The number of nitro groups is 1. The lowest BCUT2D eigenvalue weighted by Gasteiger charge is -2.25. The minimum Gasteiger partial charge on any atom is -0.336 e. The van der Waals surface area contributed by atoms with Gasteiger partial charge in [-0.15, -0.1) is 0 Å². The van der Waals surface area contributed by atoms with Crippen molar-refractivity contribution in [2.24, 2.45) is 0 Å². The zero-order chi connectivity index (χ0) is 17.5. The number of nitrogens with zero attached hydrogens (tertiary/aromatic N) is 2. The van der Waals surface area contributed by atoms with Crippen molar-refractivity contribution in [1.29, 1.82) is 0 Å². The zero-order valence-electron chi connectivity index (χ0n) is 13.6. The van der Waals surface area contributed by atoms with E-state index in [0.717, 1.165) is 5.56 Å². The number of carbonyl (C=O) groups is 1. The molecule has 2 rings (SSSR count). The molecule has 0 spiro atoms. The molecule has 24 heavy (non-hydrogen) atoms. The molecule has 0 aliphatic carbocycles. The molecule has 2 amide bonds. The maximum atomic E-state index is 12.0. The Labute approximate surface area is 140 Å². The number of carbonyl (C=O) groups excluding carboxylic acids is 1. The number of urea groups is 1. The van der Waals surface area contributed by atoms with Crippen molar-refractivity contribution in [2.45, 2.75) is 6.04 Å². The van der Waals surface area contributed by atoms with Crippen LogP contribution in [0.2, 0.25) is 0 Å². The van der Waals surface area contributed by atoms with Gasteiger partial charge in [-0.3, -0.25) is 10.1 Å². The monoisotopic (exact) mass is 328 g/mol. The number of amides is 2. The van der Waals surface area contributed by atoms with Gasteiger partial charge in [-0.25, -0.2) is 4.79 Å². The van der Waals surface area contributed by atoms with Crippen molar-refractivity contribution in [2.75, 3.05) is 26.0 Å². The van der Waals surface area contributed by atoms with Crippen LogP contribution < -0.4 is 10.6 Å². The Morgan fingerprint density at radius 2 is 1.75 bits per heavy atom. The average Bonchev–Trinajstić information content (AvgIpc) is 2.56. The van der Waals surface area contributed by atoms with E-state index in [0.29, 0.717) is 12.2 Å². The van der Waals surface area contributed by atoms with Gasteiger partial charge in [-0.2, -0.15) is 0 Å². The van der Waals surface area contributed by atoms with Crippen LogP contribution in [0.25, 0.3) is 0 Å². The van der Waals surface area contributed by atoms with Crippen LogP contribution in [0.3, 0.4) is 0 Å². The molecule has 0 aromatic heterocycles. The van der Waals surface area contributed by atoms with E-state index in [1.807, 2.05) is 49.3 Å². The number of non-ortho nitro benzene ring substituents is 1. The lowest BCUT2D eigenvalue weighted by Crippen LogP contribution is -2.36. The fourth-order valence-electron chi connectivity index (χ4n) is 2.30. The van der Waals surface area contributed by atoms with Gasteiger partial charge in [0.1, 0.15) is 0 Å². The van der Waals surface area contributed by atoms with Crippen molar-refractivity contribution in [3.05, 3.63) is 70.3 Å². The highest BCUT2D eigenvalue weighted by Crippen LogP contribution is 2.17. The van der Waals surface area contributed by atoms with Gasteiger partial charge in [-0.1, -0.05) is 30.3 Å². The molecular formula is C17H20N4O3. The molecule has 0 heterocycles. The number of rotatable bonds is 6. The maximum Gasteiger partial charge on any atom is 0.319 e. The second-order valence-corrected chi connectivity index (χ2v) is 5.53. The summed E-state index contributed by atoms with van der Waals surface area (Å²) in [5.74, 6) is 0. The highest BCUT2D eigenvalue weighted by Gasteiger charge is 2.15. The van der Waals surface area contributed by atoms with Crippen LogP contribution in [-0.4, -0.2) is 36.5 Å². The smallest absolute Gasteiger partial charge is 0.319 e. The standard InChI is InChI=1S/C17H20N4O3/c1-20(2)16(13-6-4-3-5-7-13)12-18-17(22)19-14-8-10-15(11-9-14)21(23)24/h3-11,16H,12H2,1-2H3,(H2,18,19,22)/t16-/m1/s1. The molecule has 0 aliphatic rings. The fraction of sp³-hybridized carbons (Fsp3) is 0.235. The van der Waals surface area contributed by atoms with E-state index in [9.17, 15) is 14.9 Å². The third-order valence-corrected chi connectivity index (χ3v) is 3.60. The van der Waals surface area contributed by atoms with Crippen LogP contribution in [0.15, 0.2) is 54.6 Å². The van der Waals surface area contributed by atoms with Crippen molar-refractivity contribution in [3.8, 4) is 0 Å². The minimum atomic E-state index is -0.481. The Hall–Kier alpha value is -2.93. The van der Waals surface area contributed by atoms with Gasteiger partial charge < -0.3 is 15.5 Å². The molecule has 2 N–H and O–H groups in total. The SMILES string of the molecule is CN(C)[C@H](CNC(=O)Nc1ccc([N+](=O)[O-])cc1)c1ccccc1. The highest BCUT2D eigenvalue weighted by molar-refractivity contribution is 5.89. The number of anilines is 1. The second kappa shape index (κ2) is 8.07. The van der Waals surface area contributed by atoms with Gasteiger partial charge in [0.2, 0.25) is 0 Å². The minimum absolute atomic E-state index is 0.0160. The Morgan fingerprint density at radius 3 is 2.29 bits per heavy atom. The molecule has 0 fully saturated rings. The van der Waals surface area contributed by atoms with E-state index in [-0.39, 0.29) is 17.8 Å². The number of likely N-dealkylation sites (N-methyl/N-ethyl adjacent to an activating group) is 1. The summed E-state index contributed by atoms with van der Waals surface area (Å²) in [6, 6.07) is 15.3. The molecule has 0 saturated heterocycles. The third kappa shape index (κ3) is 4.79. The summed E-state index contributed by atoms with van der Waals surface area (Å²) in [4.78, 5) is 24.2. The Morgan fingerprint density at radius 1 is 1.12 bits per heavy atom. The summed E-state index contributed by atoms with van der Waals surface area (Å²) in [5, 5.41) is 16.1. The first kappa shape index (κ1) is 17.4. The van der Waals surface area contributed by atoms with Gasteiger partial charge >= 0.3 is 6.03 Å². The van der Waals surface area contributed by atoms with Gasteiger partial charge in [0.05, 0.1) is 11.0 Å². The molecule has 0 unspecified atom stereocenters. The largest absolute Gasteiger partial charge is 0.336 e. The van der Waals surface area contributed by atoms with Crippen molar-refractivity contribution in [1.82, 2.24) is 10.2 Å². The van der Waals surface area contributed by atoms with E-state index in [1.54, 1.807) is 0 Å². The Balaban J connectivity index is 1.92. The van der Waals surface area contributed by atoms with Crippen molar-refractivity contribution in [3.63, 3.8) is 0 Å². The quantitative estimate of drug-likeness (QED) is 0.630. The number of hydrogen-bond donors (Lipinski definition) is 2. The molecule has 0 saturated carbocycles. The van der Waals surface area contributed by atoms with E-state index in [1.165, 1.54) is 24.3 Å². The summed E-state index contributed by atoms with van der Waals surface area (Å²) in [6.45, 7) is 0.440.